The summed E-state index contributed by atoms with van der Waals surface area (Å²) >= 11 is 12.6. The minimum atomic E-state index is -0.919. The number of nitrogens with one attached hydrogen (secondary N) is 1. The lowest BCUT2D eigenvalue weighted by atomic mass is 9.66. The van der Waals surface area contributed by atoms with E-state index in [2.05, 4.69) is 10.3 Å². The highest BCUT2D eigenvalue weighted by Crippen LogP contribution is 2.49. The van der Waals surface area contributed by atoms with Crippen molar-refractivity contribution >= 4 is 46.3 Å². The number of allylic oxidation sites excluding steroid dienone is 2. The number of rotatable bonds is 3. The van der Waals surface area contributed by atoms with Crippen LogP contribution in [0.3, 0.4) is 0 Å². The van der Waals surface area contributed by atoms with Crippen molar-refractivity contribution in [2.24, 2.45) is 16.3 Å². The van der Waals surface area contributed by atoms with E-state index in [9.17, 15) is 18.4 Å². The number of amides is 1. The normalized spacial score (nSPS) is 22.0. The van der Waals surface area contributed by atoms with Crippen molar-refractivity contribution in [3.63, 3.8) is 0 Å². The maximum absolute atomic E-state index is 14.2. The molecule has 0 fully saturated rings. The Bertz CT molecular complexity index is 1240. The van der Waals surface area contributed by atoms with Crippen molar-refractivity contribution in [1.29, 1.82) is 0 Å². The molecule has 2 aliphatic rings. The molecule has 1 aliphatic carbocycles. The summed E-state index contributed by atoms with van der Waals surface area (Å²) in [7, 11) is 0. The van der Waals surface area contributed by atoms with E-state index in [1.165, 1.54) is 0 Å². The predicted molar refractivity (Wildman–Crippen MR) is 126 cm³/mol. The Balaban J connectivity index is 1.83. The maximum atomic E-state index is 14.2. The highest BCUT2D eigenvalue weighted by atomic mass is 35.5. The molecule has 1 aliphatic heterocycles. The molecule has 0 saturated carbocycles. The van der Waals surface area contributed by atoms with Gasteiger partial charge in [0.05, 0.1) is 11.6 Å². The molecule has 8 heteroatoms. The number of carbonyl (C=O) groups is 2. The number of hydrogen-bond donors (Lipinski definition) is 1. The van der Waals surface area contributed by atoms with Gasteiger partial charge in [-0.2, -0.15) is 0 Å². The molecule has 2 aromatic carbocycles. The molecule has 1 amide bonds. The molecule has 0 bridgehead atoms. The summed E-state index contributed by atoms with van der Waals surface area (Å²) in [6, 6.07) is 7.81. The van der Waals surface area contributed by atoms with Crippen LogP contribution in [-0.2, 0) is 9.59 Å². The first-order valence-electron chi connectivity index (χ1n) is 10.5. The molecule has 4 rings (SSSR count). The first-order valence-corrected chi connectivity index (χ1v) is 11.2. The van der Waals surface area contributed by atoms with Gasteiger partial charge in [-0.3, -0.25) is 14.6 Å². The van der Waals surface area contributed by atoms with Gasteiger partial charge in [-0.05, 0) is 48.6 Å². The standard InChI is InChI=1S/C25H22Cl2F2N2O2/c1-12-21(24(33)31-18-7-5-14(28)9-17(18)29)22(15-6-4-13(26)8-16(15)27)23-19(30-12)10-25(2,3)11-20(23)32/h4-9,21-22H,10-11H2,1-3H3,(H,31,33)/t21?,22-/m1/s1. The first-order chi connectivity index (χ1) is 15.5. The highest BCUT2D eigenvalue weighted by molar-refractivity contribution is 6.35. The minimum Gasteiger partial charge on any atom is -0.323 e. The number of Topliss-reactive ketones (excluding diaryl/α,β-unsaturated/α-hetero) is 1. The fourth-order valence-electron chi connectivity index (χ4n) is 4.68. The van der Waals surface area contributed by atoms with E-state index in [4.69, 9.17) is 23.2 Å². The van der Waals surface area contributed by atoms with Crippen LogP contribution in [0.1, 0.15) is 45.1 Å². The summed E-state index contributed by atoms with van der Waals surface area (Å²) in [5.41, 5.74) is 1.71. The fourth-order valence-corrected chi connectivity index (χ4v) is 5.20. The van der Waals surface area contributed by atoms with Crippen LogP contribution in [0.4, 0.5) is 14.5 Å². The number of ketones is 1. The first kappa shape index (κ1) is 23.6. The number of anilines is 1. The molecule has 2 aromatic rings. The summed E-state index contributed by atoms with van der Waals surface area (Å²) in [6.07, 6.45) is 0.886. The Morgan fingerprint density at radius 2 is 1.85 bits per heavy atom. The van der Waals surface area contributed by atoms with Gasteiger partial charge in [0.25, 0.3) is 0 Å². The lowest BCUT2D eigenvalue weighted by Crippen LogP contribution is -2.41. The van der Waals surface area contributed by atoms with E-state index in [0.717, 1.165) is 12.1 Å². The Morgan fingerprint density at radius 3 is 2.52 bits per heavy atom. The molecule has 172 valence electrons. The number of hydrogen-bond acceptors (Lipinski definition) is 3. The molecule has 4 nitrogen and oxygen atoms in total. The van der Waals surface area contributed by atoms with Crippen molar-refractivity contribution < 1.29 is 18.4 Å². The summed E-state index contributed by atoms with van der Waals surface area (Å²) in [6.45, 7) is 5.71. The quantitative estimate of drug-likeness (QED) is 0.518. The topological polar surface area (TPSA) is 58.5 Å². The Labute approximate surface area is 200 Å². The molecular formula is C25H22Cl2F2N2O2. The van der Waals surface area contributed by atoms with Crippen LogP contribution >= 0.6 is 23.2 Å². The zero-order valence-electron chi connectivity index (χ0n) is 18.3. The van der Waals surface area contributed by atoms with Crippen LogP contribution in [0.2, 0.25) is 10.0 Å². The Kier molecular flexibility index (Phi) is 6.18. The second kappa shape index (κ2) is 8.65. The van der Waals surface area contributed by atoms with Gasteiger partial charge in [0.2, 0.25) is 5.91 Å². The van der Waals surface area contributed by atoms with Crippen molar-refractivity contribution in [2.45, 2.75) is 39.5 Å². The number of nitrogens with zero attached hydrogens (tertiary/aromatic N) is 1. The second-order valence-corrected chi connectivity index (χ2v) is 10.1. The van der Waals surface area contributed by atoms with E-state index < -0.39 is 29.4 Å². The number of carbonyl (C=O) groups excluding carboxylic acids is 2. The minimum absolute atomic E-state index is 0.0979. The van der Waals surface area contributed by atoms with Gasteiger partial charge in [0, 0.05) is 45.4 Å². The van der Waals surface area contributed by atoms with E-state index in [0.29, 0.717) is 51.5 Å². The smallest absolute Gasteiger partial charge is 0.234 e. The maximum Gasteiger partial charge on any atom is 0.234 e. The van der Waals surface area contributed by atoms with E-state index in [-0.39, 0.29) is 16.9 Å². The van der Waals surface area contributed by atoms with Crippen LogP contribution in [-0.4, -0.2) is 17.4 Å². The van der Waals surface area contributed by atoms with Crippen molar-refractivity contribution in [1.82, 2.24) is 0 Å². The SMILES string of the molecule is CC1=NC2=C(C(=O)CC(C)(C)C2)[C@H](c2ccc(Cl)cc2Cl)C1C(=O)Nc1ccc(F)cc1F. The summed E-state index contributed by atoms with van der Waals surface area (Å²) in [4.78, 5) is 31.4. The number of halogens is 4. The largest absolute Gasteiger partial charge is 0.323 e. The van der Waals surface area contributed by atoms with Crippen LogP contribution in [0, 0.1) is 23.0 Å². The molecule has 1 unspecified atom stereocenters. The molecule has 0 saturated heterocycles. The van der Waals surface area contributed by atoms with Crippen LogP contribution in [0.5, 0.6) is 0 Å². The van der Waals surface area contributed by atoms with Crippen molar-refractivity contribution in [2.75, 3.05) is 5.32 Å². The molecule has 1 N–H and O–H groups in total. The molecular weight excluding hydrogens is 469 g/mol. The van der Waals surface area contributed by atoms with Crippen LogP contribution in [0.15, 0.2) is 52.7 Å². The third-order valence-electron chi connectivity index (χ3n) is 6.07. The van der Waals surface area contributed by atoms with Gasteiger partial charge in [0.15, 0.2) is 5.78 Å². The Morgan fingerprint density at radius 1 is 1.12 bits per heavy atom. The molecule has 0 aromatic heterocycles. The lowest BCUT2D eigenvalue weighted by molar-refractivity contribution is -0.119. The van der Waals surface area contributed by atoms with Gasteiger partial charge >= 0.3 is 0 Å². The van der Waals surface area contributed by atoms with E-state index >= 15 is 0 Å². The van der Waals surface area contributed by atoms with Crippen LogP contribution < -0.4 is 5.32 Å². The van der Waals surface area contributed by atoms with Gasteiger partial charge in [-0.15, -0.1) is 0 Å². The van der Waals surface area contributed by atoms with Gasteiger partial charge in [0.1, 0.15) is 11.6 Å². The zero-order valence-corrected chi connectivity index (χ0v) is 19.8. The van der Waals surface area contributed by atoms with Gasteiger partial charge < -0.3 is 5.32 Å². The van der Waals surface area contributed by atoms with Gasteiger partial charge in [-0.1, -0.05) is 43.1 Å². The molecule has 2 atom stereocenters. The number of benzene rings is 2. The molecule has 33 heavy (non-hydrogen) atoms. The summed E-state index contributed by atoms with van der Waals surface area (Å²) < 4.78 is 27.5. The molecule has 1 heterocycles. The molecule has 0 spiro atoms. The lowest BCUT2D eigenvalue weighted by Gasteiger charge is -2.39. The predicted octanol–water partition coefficient (Wildman–Crippen LogP) is 6.73. The van der Waals surface area contributed by atoms with E-state index in [1.807, 2.05) is 13.8 Å². The van der Waals surface area contributed by atoms with Crippen molar-refractivity contribution in [3.8, 4) is 0 Å². The zero-order chi connectivity index (χ0) is 24.1. The van der Waals surface area contributed by atoms with E-state index in [1.54, 1.807) is 25.1 Å². The number of aliphatic imine (C=N–C) groups is 1. The molecule has 0 radical (unpaired) electrons. The van der Waals surface area contributed by atoms with Gasteiger partial charge in [-0.25, -0.2) is 8.78 Å². The Hall–Kier alpha value is -2.57. The third-order valence-corrected chi connectivity index (χ3v) is 6.63. The monoisotopic (exact) mass is 490 g/mol. The highest BCUT2D eigenvalue weighted by Gasteiger charge is 2.46. The fraction of sp³-hybridized carbons (Fsp3) is 0.320. The summed E-state index contributed by atoms with van der Waals surface area (Å²) in [5.74, 6) is -3.95. The van der Waals surface area contributed by atoms with Crippen molar-refractivity contribution in [3.05, 3.63) is 74.9 Å². The van der Waals surface area contributed by atoms with Crippen LogP contribution in [0.25, 0.3) is 0 Å². The summed E-state index contributed by atoms with van der Waals surface area (Å²) in [5, 5.41) is 3.27. The second-order valence-electron chi connectivity index (χ2n) is 9.29. The average molecular weight is 491 g/mol. The third kappa shape index (κ3) is 4.59. The average Bonchev–Trinajstić information content (AvgIpc) is 2.68.